The van der Waals surface area contributed by atoms with Crippen molar-refractivity contribution in [2.75, 3.05) is 17.3 Å². The van der Waals surface area contributed by atoms with Crippen molar-refractivity contribution in [3.05, 3.63) is 17.5 Å². The van der Waals surface area contributed by atoms with E-state index in [9.17, 15) is 4.79 Å². The van der Waals surface area contributed by atoms with E-state index in [1.165, 1.54) is 0 Å². The first kappa shape index (κ1) is 15.1. The van der Waals surface area contributed by atoms with Crippen LogP contribution in [-0.4, -0.2) is 40.0 Å². The molecule has 6 heteroatoms. The molecule has 0 unspecified atom stereocenters. The van der Waals surface area contributed by atoms with Crippen molar-refractivity contribution >= 4 is 23.6 Å². The minimum Gasteiger partial charge on any atom is -0.352 e. The van der Waals surface area contributed by atoms with Crippen LogP contribution in [-0.2, 0) is 4.79 Å². The molecule has 1 fully saturated rings. The number of hydrogen-bond donors (Lipinski definition) is 2. The topological polar surface area (TPSA) is 66.9 Å². The van der Waals surface area contributed by atoms with Gasteiger partial charge in [-0.3, -0.25) is 4.79 Å². The maximum atomic E-state index is 12.2. The Kier molecular flexibility index (Phi) is 5.23. The van der Waals surface area contributed by atoms with Crippen molar-refractivity contribution in [1.29, 1.82) is 0 Å². The second kappa shape index (κ2) is 6.92. The Morgan fingerprint density at radius 1 is 1.40 bits per heavy atom. The number of nitrogens with zero attached hydrogens (tertiary/aromatic N) is 2. The van der Waals surface area contributed by atoms with Gasteiger partial charge >= 0.3 is 0 Å². The van der Waals surface area contributed by atoms with E-state index in [1.807, 2.05) is 26.2 Å². The number of rotatable bonds is 7. The summed E-state index contributed by atoms with van der Waals surface area (Å²) >= 11 is 1.74. The zero-order valence-corrected chi connectivity index (χ0v) is 13.1. The summed E-state index contributed by atoms with van der Waals surface area (Å²) in [7, 11) is 0. The van der Waals surface area contributed by atoms with Crippen LogP contribution in [0.15, 0.2) is 6.07 Å². The number of carbonyl (C=O) groups is 1. The lowest BCUT2D eigenvalue weighted by Crippen LogP contribution is -2.41. The van der Waals surface area contributed by atoms with Gasteiger partial charge in [-0.05, 0) is 51.2 Å². The largest absolute Gasteiger partial charge is 0.352 e. The smallest absolute Gasteiger partial charge is 0.242 e. The van der Waals surface area contributed by atoms with E-state index in [4.69, 9.17) is 0 Å². The molecule has 1 heterocycles. The highest BCUT2D eigenvalue weighted by Crippen LogP contribution is 2.19. The normalized spacial score (nSPS) is 15.8. The number of hydrogen-bond acceptors (Lipinski definition) is 5. The number of amides is 1. The SMILES string of the molecule is CSCC[C@H](Nc1nc(C)cc(C)n1)C(=O)NC1CC1. The Bertz CT molecular complexity index is 456. The Morgan fingerprint density at radius 3 is 2.60 bits per heavy atom. The van der Waals surface area contributed by atoms with E-state index in [0.717, 1.165) is 36.4 Å². The molecule has 2 N–H and O–H groups in total. The minimum absolute atomic E-state index is 0.0595. The number of anilines is 1. The summed E-state index contributed by atoms with van der Waals surface area (Å²) in [5.74, 6) is 1.53. The third-order valence-corrected chi connectivity index (χ3v) is 3.78. The minimum atomic E-state index is -0.260. The van der Waals surface area contributed by atoms with E-state index < -0.39 is 0 Å². The van der Waals surface area contributed by atoms with Gasteiger partial charge in [-0.15, -0.1) is 0 Å². The fraction of sp³-hybridized carbons (Fsp3) is 0.643. The van der Waals surface area contributed by atoms with Crippen LogP contribution < -0.4 is 10.6 Å². The Labute approximate surface area is 124 Å². The molecule has 20 heavy (non-hydrogen) atoms. The summed E-state index contributed by atoms with van der Waals surface area (Å²) in [6.07, 6.45) is 5.02. The first-order valence-electron chi connectivity index (χ1n) is 6.96. The molecule has 0 spiro atoms. The predicted octanol–water partition coefficient (Wildman–Crippen LogP) is 1.91. The summed E-state index contributed by atoms with van der Waals surface area (Å²) in [4.78, 5) is 20.9. The number of nitrogens with one attached hydrogen (secondary N) is 2. The molecule has 1 aromatic heterocycles. The van der Waals surface area contributed by atoms with E-state index in [-0.39, 0.29) is 11.9 Å². The van der Waals surface area contributed by atoms with E-state index >= 15 is 0 Å². The molecule has 2 rings (SSSR count). The van der Waals surface area contributed by atoms with Gasteiger partial charge in [0.25, 0.3) is 0 Å². The molecule has 0 aliphatic heterocycles. The molecule has 0 radical (unpaired) electrons. The second-order valence-electron chi connectivity index (χ2n) is 5.24. The summed E-state index contributed by atoms with van der Waals surface area (Å²) < 4.78 is 0. The zero-order chi connectivity index (χ0) is 14.5. The first-order valence-corrected chi connectivity index (χ1v) is 8.36. The lowest BCUT2D eigenvalue weighted by atomic mass is 10.2. The average molecular weight is 294 g/mol. The number of carbonyl (C=O) groups excluding carboxylic acids is 1. The third-order valence-electron chi connectivity index (χ3n) is 3.14. The highest BCUT2D eigenvalue weighted by molar-refractivity contribution is 7.98. The van der Waals surface area contributed by atoms with Gasteiger partial charge in [0.15, 0.2) is 0 Å². The molecule has 1 aliphatic carbocycles. The van der Waals surface area contributed by atoms with E-state index in [2.05, 4.69) is 20.6 Å². The van der Waals surface area contributed by atoms with Gasteiger partial charge in [-0.25, -0.2) is 9.97 Å². The Hall–Kier alpha value is -1.30. The lowest BCUT2D eigenvalue weighted by molar-refractivity contribution is -0.122. The summed E-state index contributed by atoms with van der Waals surface area (Å²) in [5, 5.41) is 6.23. The van der Waals surface area contributed by atoms with Gasteiger partial charge in [0.05, 0.1) is 0 Å². The summed E-state index contributed by atoms with van der Waals surface area (Å²) in [6, 6.07) is 2.04. The standard InChI is InChI=1S/C14H22N4OS/c1-9-8-10(2)16-14(15-9)18-12(6-7-20-3)13(19)17-11-4-5-11/h8,11-12H,4-7H2,1-3H3,(H,17,19)(H,15,16,18)/t12-/m0/s1. The van der Waals surface area contributed by atoms with Crippen molar-refractivity contribution in [3.63, 3.8) is 0 Å². The highest BCUT2D eigenvalue weighted by Gasteiger charge is 2.27. The highest BCUT2D eigenvalue weighted by atomic mass is 32.2. The molecule has 0 bridgehead atoms. The van der Waals surface area contributed by atoms with Crippen molar-refractivity contribution in [2.45, 2.75) is 45.2 Å². The molecular weight excluding hydrogens is 272 g/mol. The third kappa shape index (κ3) is 4.67. The molecular formula is C14H22N4OS. The molecule has 1 atom stereocenters. The first-order chi connectivity index (χ1) is 9.58. The van der Waals surface area contributed by atoms with Gasteiger partial charge in [-0.2, -0.15) is 11.8 Å². The van der Waals surface area contributed by atoms with Gasteiger partial charge in [0, 0.05) is 17.4 Å². The van der Waals surface area contributed by atoms with Crippen LogP contribution in [0.25, 0.3) is 0 Å². The van der Waals surface area contributed by atoms with Crippen molar-refractivity contribution in [1.82, 2.24) is 15.3 Å². The number of thioether (sulfide) groups is 1. The van der Waals surface area contributed by atoms with E-state index in [1.54, 1.807) is 11.8 Å². The fourth-order valence-electron chi connectivity index (χ4n) is 1.98. The van der Waals surface area contributed by atoms with Gasteiger partial charge in [0.1, 0.15) is 6.04 Å². The van der Waals surface area contributed by atoms with Crippen molar-refractivity contribution in [3.8, 4) is 0 Å². The van der Waals surface area contributed by atoms with Crippen LogP contribution in [0.4, 0.5) is 5.95 Å². The molecule has 1 saturated carbocycles. The second-order valence-corrected chi connectivity index (χ2v) is 6.22. The lowest BCUT2D eigenvalue weighted by Gasteiger charge is -2.18. The van der Waals surface area contributed by atoms with E-state index in [0.29, 0.717) is 12.0 Å². The van der Waals surface area contributed by atoms with Gasteiger partial charge in [-0.1, -0.05) is 0 Å². The number of aromatic nitrogens is 2. The molecule has 1 aromatic rings. The maximum absolute atomic E-state index is 12.2. The Balaban J connectivity index is 2.02. The molecule has 0 saturated heterocycles. The summed E-state index contributed by atoms with van der Waals surface area (Å²) in [5.41, 5.74) is 1.82. The van der Waals surface area contributed by atoms with Crippen LogP contribution in [0.5, 0.6) is 0 Å². The van der Waals surface area contributed by atoms with Crippen LogP contribution in [0.2, 0.25) is 0 Å². The molecule has 1 amide bonds. The average Bonchev–Trinajstić information content (AvgIpc) is 3.17. The van der Waals surface area contributed by atoms with Gasteiger partial charge in [0.2, 0.25) is 11.9 Å². The van der Waals surface area contributed by atoms with Crippen LogP contribution in [0.3, 0.4) is 0 Å². The predicted molar refractivity (Wildman–Crippen MR) is 83.1 cm³/mol. The fourth-order valence-corrected chi connectivity index (χ4v) is 2.45. The molecule has 1 aliphatic rings. The number of aryl methyl sites for hydroxylation is 2. The quantitative estimate of drug-likeness (QED) is 0.804. The monoisotopic (exact) mass is 294 g/mol. The van der Waals surface area contributed by atoms with Crippen LogP contribution in [0.1, 0.15) is 30.7 Å². The zero-order valence-electron chi connectivity index (χ0n) is 12.3. The van der Waals surface area contributed by atoms with Gasteiger partial charge < -0.3 is 10.6 Å². The van der Waals surface area contributed by atoms with Crippen LogP contribution in [0, 0.1) is 13.8 Å². The summed E-state index contributed by atoms with van der Waals surface area (Å²) in [6.45, 7) is 3.86. The molecule has 110 valence electrons. The van der Waals surface area contributed by atoms with Crippen molar-refractivity contribution < 1.29 is 4.79 Å². The molecule has 0 aromatic carbocycles. The van der Waals surface area contributed by atoms with Crippen molar-refractivity contribution in [2.24, 2.45) is 0 Å². The maximum Gasteiger partial charge on any atom is 0.242 e. The Morgan fingerprint density at radius 2 is 2.05 bits per heavy atom. The molecule has 5 nitrogen and oxygen atoms in total. The van der Waals surface area contributed by atoms with Crippen LogP contribution >= 0.6 is 11.8 Å².